The van der Waals surface area contributed by atoms with Gasteiger partial charge >= 0.3 is 20.2 Å². The van der Waals surface area contributed by atoms with E-state index >= 15 is 0 Å². The molecule has 0 heterocycles. The van der Waals surface area contributed by atoms with Crippen molar-refractivity contribution in [3.63, 3.8) is 0 Å². The first kappa shape index (κ1) is 24.2. The molecule has 2 aromatic carbocycles. The number of rotatable bonds is 4. The van der Waals surface area contributed by atoms with Gasteiger partial charge in [0.25, 0.3) is 0 Å². The van der Waals surface area contributed by atoms with E-state index in [0.717, 1.165) is 24.1 Å². The maximum atomic E-state index is 10.8. The smallest absolute Gasteiger partial charge is 0.306 e. The van der Waals surface area contributed by atoms with Crippen LogP contribution in [0.25, 0.3) is 0 Å². The van der Waals surface area contributed by atoms with Gasteiger partial charge in [-0.1, -0.05) is 27.5 Å². The Hall–Kier alpha value is 0.170. The number of hydrogen-bond acceptors (Lipinski definition) is 6. The third-order valence-electron chi connectivity index (χ3n) is 2.27. The summed E-state index contributed by atoms with van der Waals surface area (Å²) in [6.07, 6.45) is 1.99. The molecule has 0 spiro atoms. The highest BCUT2D eigenvalue weighted by Gasteiger charge is 2.09. The molecule has 26 heavy (non-hydrogen) atoms. The van der Waals surface area contributed by atoms with Crippen molar-refractivity contribution < 1.29 is 25.2 Å². The molecular formula is C14H12BrClI2O6S2. The molecule has 0 bridgehead atoms. The van der Waals surface area contributed by atoms with E-state index in [-0.39, 0.29) is 10.8 Å². The van der Waals surface area contributed by atoms with Crippen molar-refractivity contribution >= 4 is 92.9 Å². The fraction of sp³-hybridized carbons (Fsp3) is 0.143. The van der Waals surface area contributed by atoms with Crippen LogP contribution in [0.15, 0.2) is 40.9 Å². The average molecular weight is 710 g/mol. The lowest BCUT2D eigenvalue weighted by Gasteiger charge is -2.04. The number of benzene rings is 2. The Kier molecular flexibility index (Phi) is 9.40. The highest BCUT2D eigenvalue weighted by atomic mass is 127. The van der Waals surface area contributed by atoms with Crippen LogP contribution in [-0.4, -0.2) is 29.3 Å². The molecule has 0 aliphatic rings. The molecule has 0 radical (unpaired) electrons. The minimum atomic E-state index is -3.51. The van der Waals surface area contributed by atoms with Crippen molar-refractivity contribution in [3.05, 3.63) is 53.0 Å². The van der Waals surface area contributed by atoms with Gasteiger partial charge in [-0.2, -0.15) is 16.8 Å². The summed E-state index contributed by atoms with van der Waals surface area (Å²) >= 11 is 13.1. The summed E-state index contributed by atoms with van der Waals surface area (Å²) in [5, 5.41) is 0.250. The summed E-state index contributed by atoms with van der Waals surface area (Å²) < 4.78 is 55.1. The van der Waals surface area contributed by atoms with Crippen LogP contribution in [0.3, 0.4) is 0 Å². The van der Waals surface area contributed by atoms with Gasteiger partial charge in [0.05, 0.1) is 21.1 Å². The van der Waals surface area contributed by atoms with Gasteiger partial charge in [0.15, 0.2) is 11.5 Å². The van der Waals surface area contributed by atoms with Gasteiger partial charge in [-0.05, 0) is 81.6 Å². The highest BCUT2D eigenvalue weighted by Crippen LogP contribution is 2.28. The zero-order valence-corrected chi connectivity index (χ0v) is 21.5. The summed E-state index contributed by atoms with van der Waals surface area (Å²) in [6, 6.07) is 9.97. The predicted octanol–water partition coefficient (Wildman–Crippen LogP) is 4.68. The van der Waals surface area contributed by atoms with E-state index in [1.807, 2.05) is 28.7 Å². The summed E-state index contributed by atoms with van der Waals surface area (Å²) in [6.45, 7) is 0. The molecule has 0 N–H and O–H groups in total. The van der Waals surface area contributed by atoms with Crippen molar-refractivity contribution in [1.29, 1.82) is 0 Å². The first-order valence-corrected chi connectivity index (χ1v) is 13.4. The largest absolute Gasteiger partial charge is 0.381 e. The van der Waals surface area contributed by atoms with E-state index in [1.165, 1.54) is 6.07 Å². The number of halogens is 4. The molecule has 2 aromatic rings. The fourth-order valence-corrected chi connectivity index (χ4v) is 4.97. The quantitative estimate of drug-likeness (QED) is 0.339. The maximum Gasteiger partial charge on any atom is 0.306 e. The van der Waals surface area contributed by atoms with E-state index in [1.54, 1.807) is 24.3 Å². The monoisotopic (exact) mass is 708 g/mol. The van der Waals surface area contributed by atoms with Gasteiger partial charge < -0.3 is 8.37 Å². The van der Waals surface area contributed by atoms with E-state index in [9.17, 15) is 16.8 Å². The predicted molar refractivity (Wildman–Crippen MR) is 122 cm³/mol. The third-order valence-corrected chi connectivity index (χ3v) is 5.54. The third kappa shape index (κ3) is 9.92. The first-order chi connectivity index (χ1) is 11.8. The lowest BCUT2D eigenvalue weighted by molar-refractivity contribution is 0.490. The van der Waals surface area contributed by atoms with Crippen LogP contribution < -0.4 is 8.37 Å². The van der Waals surface area contributed by atoms with E-state index < -0.39 is 20.2 Å². The Labute approximate surface area is 193 Å². The molecule has 0 amide bonds. The van der Waals surface area contributed by atoms with Gasteiger partial charge in [0.1, 0.15) is 0 Å². The van der Waals surface area contributed by atoms with Crippen LogP contribution in [0, 0.1) is 7.14 Å². The molecule has 6 nitrogen and oxygen atoms in total. The highest BCUT2D eigenvalue weighted by molar-refractivity contribution is 14.1. The van der Waals surface area contributed by atoms with Gasteiger partial charge in [-0.3, -0.25) is 0 Å². The Bertz CT molecular complexity index is 915. The van der Waals surface area contributed by atoms with Crippen LogP contribution in [0.4, 0.5) is 0 Å². The minimum Gasteiger partial charge on any atom is -0.381 e. The van der Waals surface area contributed by atoms with E-state index in [4.69, 9.17) is 15.8 Å². The van der Waals surface area contributed by atoms with Gasteiger partial charge in [-0.15, -0.1) is 0 Å². The Morgan fingerprint density at radius 2 is 1.38 bits per heavy atom. The van der Waals surface area contributed by atoms with Crippen molar-refractivity contribution in [3.8, 4) is 11.5 Å². The maximum absolute atomic E-state index is 10.8. The fourth-order valence-electron chi connectivity index (χ4n) is 1.41. The molecule has 144 valence electrons. The van der Waals surface area contributed by atoms with Gasteiger partial charge in [0.2, 0.25) is 0 Å². The van der Waals surface area contributed by atoms with Crippen molar-refractivity contribution in [2.24, 2.45) is 0 Å². The van der Waals surface area contributed by atoms with Crippen molar-refractivity contribution in [1.82, 2.24) is 0 Å². The van der Waals surface area contributed by atoms with E-state index in [2.05, 4.69) is 42.7 Å². The lowest BCUT2D eigenvalue weighted by atomic mass is 10.3. The standard InChI is InChI=1S/C7H6BrClO3S.C7H6I2O3S/c2*1-13(10,11)12-7-3-2-5(8)4-6(7)9/h2*2-4H,1H3. The topological polar surface area (TPSA) is 86.7 Å². The average Bonchev–Trinajstić information content (AvgIpc) is 2.43. The Balaban J connectivity index is 0.000000260. The molecule has 0 saturated heterocycles. The second-order valence-electron chi connectivity index (χ2n) is 4.72. The van der Waals surface area contributed by atoms with Crippen LogP contribution in [0.2, 0.25) is 5.02 Å². The second kappa shape index (κ2) is 10.1. The molecule has 0 aromatic heterocycles. The molecule has 0 aliphatic heterocycles. The van der Waals surface area contributed by atoms with Crippen LogP contribution in [-0.2, 0) is 20.2 Å². The Morgan fingerprint density at radius 1 is 0.885 bits per heavy atom. The zero-order chi connectivity index (χ0) is 20.1. The number of hydrogen-bond donors (Lipinski definition) is 0. The summed E-state index contributed by atoms with van der Waals surface area (Å²) in [7, 11) is -6.93. The van der Waals surface area contributed by atoms with Crippen LogP contribution in [0.5, 0.6) is 11.5 Å². The molecule has 0 atom stereocenters. The first-order valence-electron chi connectivity index (χ1n) is 6.46. The molecule has 2 rings (SSSR count). The molecule has 0 saturated carbocycles. The van der Waals surface area contributed by atoms with Crippen molar-refractivity contribution in [2.75, 3.05) is 12.5 Å². The zero-order valence-electron chi connectivity index (χ0n) is 13.2. The minimum absolute atomic E-state index is 0.132. The van der Waals surface area contributed by atoms with Crippen molar-refractivity contribution in [2.45, 2.75) is 0 Å². The molecular weight excluding hydrogens is 697 g/mol. The summed E-state index contributed by atoms with van der Waals surface area (Å²) in [5.74, 6) is 0.510. The van der Waals surface area contributed by atoms with Gasteiger partial charge in [0, 0.05) is 8.04 Å². The normalized spacial score (nSPS) is 11.3. The SMILES string of the molecule is CS(=O)(=O)Oc1ccc(Br)cc1Cl.CS(=O)(=O)Oc1ccc(I)cc1I. The lowest BCUT2D eigenvalue weighted by Crippen LogP contribution is -2.06. The molecule has 12 heteroatoms. The van der Waals surface area contributed by atoms with Crippen LogP contribution >= 0.6 is 72.7 Å². The molecule has 0 fully saturated rings. The van der Waals surface area contributed by atoms with E-state index in [0.29, 0.717) is 5.75 Å². The second-order valence-corrected chi connectivity index (χ2v) is 11.6. The Morgan fingerprint density at radius 3 is 1.85 bits per heavy atom. The molecule has 0 aliphatic carbocycles. The summed E-state index contributed by atoms with van der Waals surface area (Å²) in [4.78, 5) is 0. The molecule has 0 unspecified atom stereocenters. The van der Waals surface area contributed by atoms with Crippen LogP contribution in [0.1, 0.15) is 0 Å². The van der Waals surface area contributed by atoms with Gasteiger partial charge in [-0.25, -0.2) is 0 Å². The summed E-state index contributed by atoms with van der Waals surface area (Å²) in [5.41, 5.74) is 0.